The highest BCUT2D eigenvalue weighted by molar-refractivity contribution is 7.99. The van der Waals surface area contributed by atoms with Gasteiger partial charge in [0.1, 0.15) is 30.2 Å². The molecule has 0 bridgehead atoms. The molecule has 4 N–H and O–H groups in total. The fourth-order valence-electron chi connectivity index (χ4n) is 3.83. The number of aliphatic hydroxyl groups is 4. The minimum atomic E-state index is -1.43. The van der Waals surface area contributed by atoms with Crippen LogP contribution in [0, 0.1) is 6.92 Å². The summed E-state index contributed by atoms with van der Waals surface area (Å²) in [5.41, 5.74) is 1.87. The second-order valence-corrected chi connectivity index (χ2v) is 8.76. The second kappa shape index (κ2) is 9.20. The molecule has 31 heavy (non-hydrogen) atoms. The number of aromatic nitrogens is 1. The SMILES string of the molecule is CCOc1ccc(Sc2cn([C@@H]3O[C@H](CO)[C@@H](O)[C@H](O)[C@H]3O)c3cc(C)ccc23)cc1. The van der Waals surface area contributed by atoms with Gasteiger partial charge in [0.25, 0.3) is 0 Å². The molecule has 0 saturated carbocycles. The first-order valence-electron chi connectivity index (χ1n) is 10.3. The van der Waals surface area contributed by atoms with E-state index in [0.717, 1.165) is 32.0 Å². The lowest BCUT2D eigenvalue weighted by molar-refractivity contribution is -0.250. The molecule has 166 valence electrons. The quantitative estimate of drug-likeness (QED) is 0.462. The zero-order valence-electron chi connectivity index (χ0n) is 17.4. The Morgan fingerprint density at radius 1 is 1.03 bits per heavy atom. The van der Waals surface area contributed by atoms with Crippen molar-refractivity contribution in [2.75, 3.05) is 13.2 Å². The van der Waals surface area contributed by atoms with Crippen LogP contribution in [0.3, 0.4) is 0 Å². The van der Waals surface area contributed by atoms with E-state index in [9.17, 15) is 20.4 Å². The molecule has 1 aromatic heterocycles. The number of ether oxygens (including phenoxy) is 2. The fraction of sp³-hybridized carbons (Fsp3) is 0.391. The Kier molecular flexibility index (Phi) is 6.57. The molecule has 4 rings (SSSR count). The first-order chi connectivity index (χ1) is 14.9. The van der Waals surface area contributed by atoms with Crippen molar-refractivity contribution in [1.29, 1.82) is 0 Å². The van der Waals surface area contributed by atoms with Crippen LogP contribution in [0.2, 0.25) is 0 Å². The molecule has 0 aliphatic carbocycles. The number of fused-ring (bicyclic) bond motifs is 1. The van der Waals surface area contributed by atoms with Gasteiger partial charge in [0, 0.05) is 21.4 Å². The van der Waals surface area contributed by atoms with Crippen molar-refractivity contribution in [2.24, 2.45) is 0 Å². The van der Waals surface area contributed by atoms with Gasteiger partial charge in [0.05, 0.1) is 18.7 Å². The number of nitrogens with zero attached hydrogens (tertiary/aromatic N) is 1. The predicted octanol–water partition coefficient (Wildman–Crippen LogP) is 2.47. The molecule has 1 saturated heterocycles. The zero-order chi connectivity index (χ0) is 22.1. The molecule has 7 nitrogen and oxygen atoms in total. The molecule has 0 amide bonds. The fourth-order valence-corrected chi connectivity index (χ4v) is 4.81. The first-order valence-corrected chi connectivity index (χ1v) is 11.1. The van der Waals surface area contributed by atoms with E-state index < -0.39 is 37.3 Å². The summed E-state index contributed by atoms with van der Waals surface area (Å²) in [7, 11) is 0. The predicted molar refractivity (Wildman–Crippen MR) is 117 cm³/mol. The Bertz CT molecular complexity index is 1030. The third kappa shape index (κ3) is 4.32. The number of aryl methyl sites for hydroxylation is 1. The topological polar surface area (TPSA) is 104 Å². The highest BCUT2D eigenvalue weighted by Crippen LogP contribution is 2.39. The highest BCUT2D eigenvalue weighted by atomic mass is 32.2. The number of benzene rings is 2. The van der Waals surface area contributed by atoms with Crippen LogP contribution in [0.25, 0.3) is 10.9 Å². The van der Waals surface area contributed by atoms with Crippen LogP contribution < -0.4 is 4.74 Å². The Labute approximate surface area is 184 Å². The van der Waals surface area contributed by atoms with Gasteiger partial charge >= 0.3 is 0 Å². The van der Waals surface area contributed by atoms with Gasteiger partial charge in [-0.05, 0) is 49.7 Å². The van der Waals surface area contributed by atoms with Gasteiger partial charge in [-0.15, -0.1) is 0 Å². The van der Waals surface area contributed by atoms with E-state index in [4.69, 9.17) is 9.47 Å². The van der Waals surface area contributed by atoms with Crippen LogP contribution in [0.1, 0.15) is 18.7 Å². The number of rotatable bonds is 6. The van der Waals surface area contributed by atoms with E-state index in [1.54, 1.807) is 16.3 Å². The maximum absolute atomic E-state index is 10.6. The maximum atomic E-state index is 10.6. The van der Waals surface area contributed by atoms with Crippen LogP contribution in [0.15, 0.2) is 58.5 Å². The summed E-state index contributed by atoms with van der Waals surface area (Å²) in [4.78, 5) is 1.98. The average Bonchev–Trinajstić information content (AvgIpc) is 3.11. The third-order valence-electron chi connectivity index (χ3n) is 5.46. The molecule has 0 radical (unpaired) electrons. The summed E-state index contributed by atoms with van der Waals surface area (Å²) in [5, 5.41) is 41.5. The van der Waals surface area contributed by atoms with E-state index >= 15 is 0 Å². The minimum Gasteiger partial charge on any atom is -0.494 e. The van der Waals surface area contributed by atoms with Crippen molar-refractivity contribution in [1.82, 2.24) is 4.57 Å². The molecule has 1 fully saturated rings. The molecule has 0 unspecified atom stereocenters. The van der Waals surface area contributed by atoms with Crippen LogP contribution in [-0.2, 0) is 4.74 Å². The maximum Gasteiger partial charge on any atom is 0.163 e. The van der Waals surface area contributed by atoms with Gasteiger partial charge in [-0.25, -0.2) is 0 Å². The summed E-state index contributed by atoms with van der Waals surface area (Å²) in [6.07, 6.45) is -4.21. The Hall–Kier alpha value is -2.07. The molecule has 1 aliphatic rings. The van der Waals surface area contributed by atoms with Crippen molar-refractivity contribution in [3.8, 4) is 5.75 Å². The summed E-state index contributed by atoms with van der Waals surface area (Å²) in [5.74, 6) is 0.811. The van der Waals surface area contributed by atoms with Crippen molar-refractivity contribution in [2.45, 2.75) is 54.3 Å². The van der Waals surface area contributed by atoms with Gasteiger partial charge in [-0.3, -0.25) is 0 Å². The van der Waals surface area contributed by atoms with Crippen LogP contribution >= 0.6 is 11.8 Å². The largest absolute Gasteiger partial charge is 0.494 e. The van der Waals surface area contributed by atoms with Gasteiger partial charge in [-0.2, -0.15) is 0 Å². The van der Waals surface area contributed by atoms with E-state index in [0.29, 0.717) is 6.61 Å². The molecular weight excluding hydrogens is 418 g/mol. The lowest BCUT2D eigenvalue weighted by Gasteiger charge is -2.40. The summed E-state index contributed by atoms with van der Waals surface area (Å²) < 4.78 is 13.1. The zero-order valence-corrected chi connectivity index (χ0v) is 18.2. The van der Waals surface area contributed by atoms with Crippen LogP contribution in [0.5, 0.6) is 5.75 Å². The molecule has 5 atom stereocenters. The van der Waals surface area contributed by atoms with Crippen LogP contribution in [0.4, 0.5) is 0 Å². The van der Waals surface area contributed by atoms with Crippen molar-refractivity contribution in [3.63, 3.8) is 0 Å². The van der Waals surface area contributed by atoms with E-state index in [-0.39, 0.29) is 0 Å². The Morgan fingerprint density at radius 2 is 1.77 bits per heavy atom. The standard InChI is InChI=1S/C23H27NO6S/c1-3-29-14-5-7-15(8-6-14)31-19-11-24(17-10-13(2)4-9-16(17)19)23-22(28)21(27)20(26)18(12-25)30-23/h4-11,18,20-23,25-28H,3,12H2,1-2H3/t18-,20-,21+,22-,23-/m1/s1. The summed E-state index contributed by atoms with van der Waals surface area (Å²) >= 11 is 1.57. The van der Waals surface area contributed by atoms with Gasteiger partial charge < -0.3 is 34.5 Å². The number of hydrogen-bond acceptors (Lipinski definition) is 7. The highest BCUT2D eigenvalue weighted by Gasteiger charge is 2.44. The first kappa shape index (κ1) is 22.1. The van der Waals surface area contributed by atoms with Gasteiger partial charge in [-0.1, -0.05) is 23.9 Å². The molecular formula is C23H27NO6S. The Morgan fingerprint density at radius 3 is 2.45 bits per heavy atom. The molecule has 2 aromatic carbocycles. The normalized spacial score (nSPS) is 26.3. The molecule has 3 aromatic rings. The smallest absolute Gasteiger partial charge is 0.163 e. The van der Waals surface area contributed by atoms with Gasteiger partial charge in [0.15, 0.2) is 6.23 Å². The molecule has 8 heteroatoms. The summed E-state index contributed by atoms with van der Waals surface area (Å²) in [6, 6.07) is 13.8. The Balaban J connectivity index is 1.72. The molecule has 0 spiro atoms. The van der Waals surface area contributed by atoms with Gasteiger partial charge in [0.2, 0.25) is 0 Å². The lowest BCUT2D eigenvalue weighted by Crippen LogP contribution is -2.56. The van der Waals surface area contributed by atoms with Crippen LogP contribution in [-0.4, -0.2) is 62.6 Å². The monoisotopic (exact) mass is 445 g/mol. The summed E-state index contributed by atoms with van der Waals surface area (Å²) in [6.45, 7) is 4.06. The lowest BCUT2D eigenvalue weighted by atomic mass is 9.98. The minimum absolute atomic E-state index is 0.465. The average molecular weight is 446 g/mol. The van der Waals surface area contributed by atoms with E-state index in [2.05, 4.69) is 0 Å². The van der Waals surface area contributed by atoms with Crippen molar-refractivity contribution in [3.05, 3.63) is 54.2 Å². The third-order valence-corrected chi connectivity index (χ3v) is 6.51. The van der Waals surface area contributed by atoms with Crippen molar-refractivity contribution < 1.29 is 29.9 Å². The van der Waals surface area contributed by atoms with Crippen molar-refractivity contribution >= 4 is 22.7 Å². The molecule has 1 aliphatic heterocycles. The van der Waals surface area contributed by atoms with E-state index in [1.165, 1.54) is 0 Å². The number of hydrogen-bond donors (Lipinski definition) is 4. The number of aliphatic hydroxyl groups excluding tert-OH is 4. The van der Waals surface area contributed by atoms with E-state index in [1.807, 2.05) is 62.5 Å². The molecule has 2 heterocycles. The second-order valence-electron chi connectivity index (χ2n) is 7.65.